The van der Waals surface area contributed by atoms with Crippen LogP contribution in [-0.2, 0) is 6.42 Å². The van der Waals surface area contributed by atoms with E-state index in [0.29, 0.717) is 12.5 Å². The molecule has 0 aromatic heterocycles. The van der Waals surface area contributed by atoms with Gasteiger partial charge in [0, 0.05) is 5.56 Å². The van der Waals surface area contributed by atoms with Crippen LogP contribution in [0.1, 0.15) is 36.3 Å². The molecule has 1 aromatic carbocycles. The monoisotopic (exact) mass is 207 g/mol. The molecule has 82 valence electrons. The standard InChI is InChI=1S/C12H17NO2/c13-7-6-8-2-1-3-10-9(8)4-5-11(14)12(10)15/h4-5,8,14-15H,1-3,6-7,13H2. The van der Waals surface area contributed by atoms with Gasteiger partial charge in [0.1, 0.15) is 0 Å². The van der Waals surface area contributed by atoms with Crippen LogP contribution in [0.4, 0.5) is 0 Å². The third kappa shape index (κ3) is 1.79. The molecule has 0 amide bonds. The number of hydrogen-bond acceptors (Lipinski definition) is 3. The number of phenolic OH excluding ortho intramolecular Hbond substituents is 2. The van der Waals surface area contributed by atoms with Crippen molar-refractivity contribution in [3.8, 4) is 11.5 Å². The molecule has 0 spiro atoms. The van der Waals surface area contributed by atoms with Crippen LogP contribution in [0.3, 0.4) is 0 Å². The van der Waals surface area contributed by atoms with Gasteiger partial charge in [0.25, 0.3) is 0 Å². The second-order valence-corrected chi connectivity index (χ2v) is 4.17. The number of hydrogen-bond donors (Lipinski definition) is 3. The number of fused-ring (bicyclic) bond motifs is 1. The molecule has 4 N–H and O–H groups in total. The Balaban J connectivity index is 2.40. The summed E-state index contributed by atoms with van der Waals surface area (Å²) in [6.45, 7) is 0.672. The van der Waals surface area contributed by atoms with Gasteiger partial charge in [-0.3, -0.25) is 0 Å². The maximum absolute atomic E-state index is 9.75. The van der Waals surface area contributed by atoms with Crippen molar-refractivity contribution in [3.63, 3.8) is 0 Å². The number of nitrogens with two attached hydrogens (primary N) is 1. The van der Waals surface area contributed by atoms with Gasteiger partial charge in [-0.2, -0.15) is 0 Å². The molecule has 0 radical (unpaired) electrons. The maximum atomic E-state index is 9.75. The van der Waals surface area contributed by atoms with Crippen molar-refractivity contribution < 1.29 is 10.2 Å². The molecule has 0 heterocycles. The Morgan fingerprint density at radius 3 is 2.87 bits per heavy atom. The Bertz CT molecular complexity index is 363. The highest BCUT2D eigenvalue weighted by Crippen LogP contribution is 2.41. The first kappa shape index (κ1) is 10.3. The van der Waals surface area contributed by atoms with Gasteiger partial charge in [0.05, 0.1) is 0 Å². The van der Waals surface area contributed by atoms with E-state index in [4.69, 9.17) is 5.73 Å². The first-order valence-electron chi connectivity index (χ1n) is 5.47. The number of aromatic hydroxyl groups is 2. The minimum atomic E-state index is -0.0119. The van der Waals surface area contributed by atoms with Crippen LogP contribution in [0, 0.1) is 0 Å². The third-order valence-electron chi connectivity index (χ3n) is 3.23. The minimum absolute atomic E-state index is 0.0119. The van der Waals surface area contributed by atoms with Crippen molar-refractivity contribution in [1.29, 1.82) is 0 Å². The summed E-state index contributed by atoms with van der Waals surface area (Å²) < 4.78 is 0. The quantitative estimate of drug-likeness (QED) is 0.648. The molecule has 0 bridgehead atoms. The molecule has 1 aromatic rings. The Labute approximate surface area is 89.5 Å². The molecular formula is C12H17NO2. The lowest BCUT2D eigenvalue weighted by Crippen LogP contribution is -2.13. The van der Waals surface area contributed by atoms with Crippen LogP contribution < -0.4 is 5.73 Å². The van der Waals surface area contributed by atoms with E-state index < -0.39 is 0 Å². The van der Waals surface area contributed by atoms with Crippen molar-refractivity contribution in [2.75, 3.05) is 6.54 Å². The summed E-state index contributed by atoms with van der Waals surface area (Å²) in [6.07, 6.45) is 4.01. The SMILES string of the molecule is NCCC1CCCc2c1ccc(O)c2O. The Morgan fingerprint density at radius 1 is 1.33 bits per heavy atom. The van der Waals surface area contributed by atoms with Crippen molar-refractivity contribution in [2.45, 2.75) is 31.6 Å². The van der Waals surface area contributed by atoms with E-state index in [2.05, 4.69) is 0 Å². The number of phenols is 2. The first-order chi connectivity index (χ1) is 7.24. The van der Waals surface area contributed by atoms with Crippen molar-refractivity contribution in [1.82, 2.24) is 0 Å². The first-order valence-corrected chi connectivity index (χ1v) is 5.47. The molecule has 0 fully saturated rings. The molecule has 0 saturated carbocycles. The molecule has 2 rings (SSSR count). The van der Waals surface area contributed by atoms with Crippen LogP contribution in [0.2, 0.25) is 0 Å². The van der Waals surface area contributed by atoms with E-state index in [0.717, 1.165) is 31.2 Å². The zero-order valence-corrected chi connectivity index (χ0v) is 8.74. The molecule has 3 nitrogen and oxygen atoms in total. The molecule has 0 saturated heterocycles. The lowest BCUT2D eigenvalue weighted by Gasteiger charge is -2.26. The highest BCUT2D eigenvalue weighted by Gasteiger charge is 2.23. The summed E-state index contributed by atoms with van der Waals surface area (Å²) in [6, 6.07) is 3.49. The van der Waals surface area contributed by atoms with Crippen molar-refractivity contribution in [3.05, 3.63) is 23.3 Å². The topological polar surface area (TPSA) is 66.5 Å². The van der Waals surface area contributed by atoms with Crippen LogP contribution in [0.25, 0.3) is 0 Å². The van der Waals surface area contributed by atoms with Gasteiger partial charge < -0.3 is 15.9 Å². The largest absolute Gasteiger partial charge is 0.504 e. The van der Waals surface area contributed by atoms with Crippen LogP contribution in [0.15, 0.2) is 12.1 Å². The molecule has 1 unspecified atom stereocenters. The summed E-state index contributed by atoms with van der Waals surface area (Å²) in [7, 11) is 0. The summed E-state index contributed by atoms with van der Waals surface area (Å²) in [4.78, 5) is 0. The van der Waals surface area contributed by atoms with E-state index in [9.17, 15) is 10.2 Å². The predicted molar refractivity (Wildman–Crippen MR) is 59.1 cm³/mol. The number of benzene rings is 1. The molecule has 1 atom stereocenters. The molecule has 3 heteroatoms. The van der Waals surface area contributed by atoms with E-state index in [1.165, 1.54) is 5.56 Å². The second kappa shape index (κ2) is 4.11. The Morgan fingerprint density at radius 2 is 2.13 bits per heavy atom. The Hall–Kier alpha value is -1.22. The predicted octanol–water partition coefficient (Wildman–Crippen LogP) is 1.87. The normalized spacial score (nSPS) is 19.9. The lowest BCUT2D eigenvalue weighted by atomic mass is 9.80. The second-order valence-electron chi connectivity index (χ2n) is 4.17. The van der Waals surface area contributed by atoms with Gasteiger partial charge in [-0.15, -0.1) is 0 Å². The summed E-state index contributed by atoms with van der Waals surface area (Å²) in [5, 5.41) is 19.2. The van der Waals surface area contributed by atoms with Gasteiger partial charge in [-0.05, 0) is 49.8 Å². The van der Waals surface area contributed by atoms with E-state index in [1.807, 2.05) is 6.07 Å². The van der Waals surface area contributed by atoms with E-state index >= 15 is 0 Å². The summed E-state index contributed by atoms with van der Waals surface area (Å²) in [5.41, 5.74) is 7.66. The van der Waals surface area contributed by atoms with Crippen molar-refractivity contribution >= 4 is 0 Å². The van der Waals surface area contributed by atoms with Gasteiger partial charge in [-0.1, -0.05) is 6.07 Å². The third-order valence-corrected chi connectivity index (χ3v) is 3.23. The average Bonchev–Trinajstić information content (AvgIpc) is 2.25. The zero-order chi connectivity index (χ0) is 10.8. The smallest absolute Gasteiger partial charge is 0.160 e. The number of rotatable bonds is 2. The summed E-state index contributed by atoms with van der Waals surface area (Å²) >= 11 is 0. The average molecular weight is 207 g/mol. The van der Waals surface area contributed by atoms with Crippen LogP contribution in [-0.4, -0.2) is 16.8 Å². The zero-order valence-electron chi connectivity index (χ0n) is 8.74. The Kier molecular flexibility index (Phi) is 2.82. The van der Waals surface area contributed by atoms with Gasteiger partial charge in [0.2, 0.25) is 0 Å². The van der Waals surface area contributed by atoms with E-state index in [-0.39, 0.29) is 11.5 Å². The lowest BCUT2D eigenvalue weighted by molar-refractivity contribution is 0.392. The maximum Gasteiger partial charge on any atom is 0.160 e. The van der Waals surface area contributed by atoms with Gasteiger partial charge in [0.15, 0.2) is 11.5 Å². The minimum Gasteiger partial charge on any atom is -0.504 e. The molecule has 0 aliphatic heterocycles. The fraction of sp³-hybridized carbons (Fsp3) is 0.500. The highest BCUT2D eigenvalue weighted by molar-refractivity contribution is 5.51. The molecule has 1 aliphatic rings. The fourth-order valence-electron chi connectivity index (χ4n) is 2.47. The van der Waals surface area contributed by atoms with Crippen LogP contribution in [0.5, 0.6) is 11.5 Å². The van der Waals surface area contributed by atoms with Crippen LogP contribution >= 0.6 is 0 Å². The molecule has 15 heavy (non-hydrogen) atoms. The van der Waals surface area contributed by atoms with Gasteiger partial charge in [-0.25, -0.2) is 0 Å². The van der Waals surface area contributed by atoms with Gasteiger partial charge >= 0.3 is 0 Å². The fourth-order valence-corrected chi connectivity index (χ4v) is 2.47. The van der Waals surface area contributed by atoms with Crippen molar-refractivity contribution in [2.24, 2.45) is 5.73 Å². The molecule has 1 aliphatic carbocycles. The highest BCUT2D eigenvalue weighted by atomic mass is 16.3. The van der Waals surface area contributed by atoms with E-state index in [1.54, 1.807) is 6.07 Å². The summed E-state index contributed by atoms with van der Waals surface area (Å²) in [5.74, 6) is 0.501. The molecular weight excluding hydrogens is 190 g/mol.